The molecule has 23 heavy (non-hydrogen) atoms. The third-order valence-electron chi connectivity index (χ3n) is 4.27. The van der Waals surface area contributed by atoms with Crippen LogP contribution in [0.5, 0.6) is 0 Å². The fraction of sp³-hybridized carbons (Fsp3) is 0.562. The Bertz CT molecular complexity index is 663. The molecule has 3 heterocycles. The number of piperidine rings is 1. The first-order valence-electron chi connectivity index (χ1n) is 8.06. The number of likely N-dealkylation sites (tertiary alicyclic amines) is 1. The summed E-state index contributed by atoms with van der Waals surface area (Å²) in [5, 5.41) is 3.98. The van der Waals surface area contributed by atoms with Gasteiger partial charge in [-0.15, -0.1) is 0 Å². The summed E-state index contributed by atoms with van der Waals surface area (Å²) in [5.74, 6) is 2.07. The number of carbonyl (C=O) groups is 1. The Balaban J connectivity index is 1.31. The van der Waals surface area contributed by atoms with Crippen LogP contribution in [0.2, 0.25) is 0 Å². The molecule has 7 heteroatoms. The number of aromatic nitrogens is 2. The van der Waals surface area contributed by atoms with Gasteiger partial charge in [-0.3, -0.25) is 4.79 Å². The van der Waals surface area contributed by atoms with Crippen LogP contribution in [0.25, 0.3) is 0 Å². The van der Waals surface area contributed by atoms with E-state index in [0.29, 0.717) is 30.7 Å². The van der Waals surface area contributed by atoms with E-state index in [-0.39, 0.29) is 12.0 Å². The van der Waals surface area contributed by atoms with Crippen molar-refractivity contribution in [3.63, 3.8) is 0 Å². The van der Waals surface area contributed by atoms with Crippen molar-refractivity contribution < 1.29 is 18.5 Å². The predicted octanol–water partition coefficient (Wildman–Crippen LogP) is 2.36. The molecule has 1 saturated heterocycles. The zero-order valence-corrected chi connectivity index (χ0v) is 12.8. The lowest BCUT2D eigenvalue weighted by molar-refractivity contribution is -0.0160. The van der Waals surface area contributed by atoms with E-state index in [1.807, 2.05) is 0 Å². The van der Waals surface area contributed by atoms with E-state index in [1.165, 1.54) is 6.26 Å². The van der Waals surface area contributed by atoms with Gasteiger partial charge in [-0.05, 0) is 37.8 Å². The molecule has 2 aromatic heterocycles. The van der Waals surface area contributed by atoms with Crippen LogP contribution in [0.3, 0.4) is 0 Å². The quantitative estimate of drug-likeness (QED) is 0.842. The molecule has 0 radical (unpaired) electrons. The number of hydrogen-bond acceptors (Lipinski definition) is 6. The highest BCUT2D eigenvalue weighted by Crippen LogP contribution is 2.38. The lowest BCUT2D eigenvalue weighted by Gasteiger charge is -2.31. The maximum absolute atomic E-state index is 12.3. The summed E-state index contributed by atoms with van der Waals surface area (Å²) >= 11 is 0. The van der Waals surface area contributed by atoms with Crippen LogP contribution in [0.1, 0.15) is 53.9 Å². The van der Waals surface area contributed by atoms with Crippen LogP contribution in [0.4, 0.5) is 0 Å². The first-order chi connectivity index (χ1) is 11.3. The van der Waals surface area contributed by atoms with Crippen molar-refractivity contribution in [2.24, 2.45) is 0 Å². The molecule has 2 aliphatic rings. The van der Waals surface area contributed by atoms with Gasteiger partial charge in [-0.1, -0.05) is 5.16 Å². The Morgan fingerprint density at radius 1 is 1.39 bits per heavy atom. The molecule has 4 rings (SSSR count). The second-order valence-corrected chi connectivity index (χ2v) is 6.12. The zero-order valence-electron chi connectivity index (χ0n) is 12.8. The first kappa shape index (κ1) is 14.4. The van der Waals surface area contributed by atoms with E-state index in [4.69, 9.17) is 13.7 Å². The van der Waals surface area contributed by atoms with Crippen LogP contribution in [0.15, 0.2) is 27.3 Å². The van der Waals surface area contributed by atoms with Crippen LogP contribution in [0, 0.1) is 0 Å². The molecule has 1 aliphatic carbocycles. The molecular formula is C16H19N3O4. The molecule has 2 aromatic rings. The van der Waals surface area contributed by atoms with Gasteiger partial charge < -0.3 is 18.6 Å². The van der Waals surface area contributed by atoms with Crippen LogP contribution in [-0.2, 0) is 11.3 Å². The summed E-state index contributed by atoms with van der Waals surface area (Å²) in [6.07, 6.45) is 5.62. The molecule has 1 amide bonds. The van der Waals surface area contributed by atoms with E-state index in [0.717, 1.165) is 38.1 Å². The molecule has 1 saturated carbocycles. The molecule has 2 fully saturated rings. The summed E-state index contributed by atoms with van der Waals surface area (Å²) < 4.78 is 16.2. The molecule has 0 aromatic carbocycles. The van der Waals surface area contributed by atoms with Crippen molar-refractivity contribution in [3.05, 3.63) is 35.9 Å². The van der Waals surface area contributed by atoms with E-state index < -0.39 is 0 Å². The summed E-state index contributed by atoms with van der Waals surface area (Å²) in [5.41, 5.74) is 0. The molecule has 7 nitrogen and oxygen atoms in total. The fourth-order valence-electron chi connectivity index (χ4n) is 2.84. The number of carbonyl (C=O) groups excluding carboxylic acids is 1. The first-order valence-corrected chi connectivity index (χ1v) is 8.06. The minimum atomic E-state index is -0.0860. The van der Waals surface area contributed by atoms with Crippen LogP contribution < -0.4 is 0 Å². The second kappa shape index (κ2) is 6.16. The van der Waals surface area contributed by atoms with E-state index >= 15 is 0 Å². The summed E-state index contributed by atoms with van der Waals surface area (Å²) in [7, 11) is 0. The number of ether oxygens (including phenoxy) is 1. The van der Waals surface area contributed by atoms with Gasteiger partial charge >= 0.3 is 0 Å². The largest absolute Gasteiger partial charge is 0.459 e. The fourth-order valence-corrected chi connectivity index (χ4v) is 2.84. The van der Waals surface area contributed by atoms with Gasteiger partial charge in [0.05, 0.1) is 12.4 Å². The van der Waals surface area contributed by atoms with E-state index in [2.05, 4.69) is 10.1 Å². The molecule has 0 N–H and O–H groups in total. The van der Waals surface area contributed by atoms with Gasteiger partial charge in [0.25, 0.3) is 11.8 Å². The number of amides is 1. The molecular weight excluding hydrogens is 298 g/mol. The summed E-state index contributed by atoms with van der Waals surface area (Å²) in [4.78, 5) is 18.4. The maximum Gasteiger partial charge on any atom is 0.289 e. The van der Waals surface area contributed by atoms with Crippen molar-refractivity contribution in [1.82, 2.24) is 15.0 Å². The SMILES string of the molecule is O=C(c1ccco1)N1CCC[C@@H](OCc2nc(C3CC3)no2)C1. The molecule has 0 bridgehead atoms. The monoisotopic (exact) mass is 317 g/mol. The second-order valence-electron chi connectivity index (χ2n) is 6.12. The number of rotatable bonds is 5. The average molecular weight is 317 g/mol. The molecule has 0 spiro atoms. The van der Waals surface area contributed by atoms with Crippen molar-refractivity contribution >= 4 is 5.91 Å². The van der Waals surface area contributed by atoms with Crippen molar-refractivity contribution in [2.45, 2.75) is 44.3 Å². The van der Waals surface area contributed by atoms with Gasteiger partial charge in [-0.2, -0.15) is 4.98 Å². The Morgan fingerprint density at radius 2 is 2.30 bits per heavy atom. The Kier molecular flexibility index (Phi) is 3.87. The molecule has 0 unspecified atom stereocenters. The lowest BCUT2D eigenvalue weighted by Crippen LogP contribution is -2.43. The van der Waals surface area contributed by atoms with E-state index in [1.54, 1.807) is 17.0 Å². The van der Waals surface area contributed by atoms with Crippen molar-refractivity contribution in [3.8, 4) is 0 Å². The van der Waals surface area contributed by atoms with Gasteiger partial charge in [0.2, 0.25) is 0 Å². The van der Waals surface area contributed by atoms with Gasteiger partial charge in [0, 0.05) is 19.0 Å². The maximum atomic E-state index is 12.3. The Labute approximate surface area is 133 Å². The van der Waals surface area contributed by atoms with Gasteiger partial charge in [0.15, 0.2) is 11.6 Å². The Morgan fingerprint density at radius 3 is 3.09 bits per heavy atom. The van der Waals surface area contributed by atoms with Gasteiger partial charge in [0.1, 0.15) is 6.61 Å². The highest BCUT2D eigenvalue weighted by Gasteiger charge is 2.29. The van der Waals surface area contributed by atoms with Crippen LogP contribution in [-0.4, -0.2) is 40.1 Å². The number of hydrogen-bond donors (Lipinski definition) is 0. The highest BCUT2D eigenvalue weighted by molar-refractivity contribution is 5.91. The Hall–Kier alpha value is -2.15. The minimum absolute atomic E-state index is 0.0149. The summed E-state index contributed by atoms with van der Waals surface area (Å²) in [6, 6.07) is 3.41. The van der Waals surface area contributed by atoms with Crippen molar-refractivity contribution in [2.75, 3.05) is 13.1 Å². The molecule has 122 valence electrons. The highest BCUT2D eigenvalue weighted by atomic mass is 16.5. The smallest absolute Gasteiger partial charge is 0.289 e. The summed E-state index contributed by atoms with van der Waals surface area (Å²) in [6.45, 7) is 1.59. The lowest BCUT2D eigenvalue weighted by atomic mass is 10.1. The third kappa shape index (κ3) is 3.29. The number of nitrogens with zero attached hydrogens (tertiary/aromatic N) is 3. The van der Waals surface area contributed by atoms with Crippen molar-refractivity contribution in [1.29, 1.82) is 0 Å². The number of furan rings is 1. The average Bonchev–Trinajstić information content (AvgIpc) is 3.11. The zero-order chi connectivity index (χ0) is 15.6. The molecule has 1 aliphatic heterocycles. The van der Waals surface area contributed by atoms with Gasteiger partial charge in [-0.25, -0.2) is 0 Å². The topological polar surface area (TPSA) is 81.6 Å². The predicted molar refractivity (Wildman–Crippen MR) is 78.7 cm³/mol. The van der Waals surface area contributed by atoms with Crippen LogP contribution >= 0.6 is 0 Å². The minimum Gasteiger partial charge on any atom is -0.459 e. The van der Waals surface area contributed by atoms with E-state index in [9.17, 15) is 4.79 Å². The standard InChI is InChI=1S/C16H19N3O4/c20-16(13-4-2-8-21-13)19-7-1-3-12(9-19)22-10-14-17-15(18-23-14)11-5-6-11/h2,4,8,11-12H,1,3,5-7,9-10H2/t12-/m1/s1. The third-order valence-corrected chi connectivity index (χ3v) is 4.27. The normalized spacial score (nSPS) is 21.6. The molecule has 1 atom stereocenters.